The molecule has 4 heteroatoms. The van der Waals surface area contributed by atoms with Gasteiger partial charge in [-0.25, -0.2) is 0 Å². The Morgan fingerprint density at radius 2 is 1.89 bits per heavy atom. The Hall–Kier alpha value is -1.50. The standard InChI is InChI=1S/C15H12BrClN2/c1-19(12-7-5-11(10-18)6-8-12)15-4-2-3-14(17)13(15)9-16/h2-8H,9H2,1H3. The van der Waals surface area contributed by atoms with Crippen molar-refractivity contribution in [3.63, 3.8) is 0 Å². The molecule has 0 aromatic heterocycles. The minimum absolute atomic E-state index is 0.656. The molecule has 2 aromatic rings. The van der Waals surface area contributed by atoms with Gasteiger partial charge in [-0.2, -0.15) is 5.26 Å². The van der Waals surface area contributed by atoms with Gasteiger partial charge in [-0.15, -0.1) is 0 Å². The smallest absolute Gasteiger partial charge is 0.0991 e. The highest BCUT2D eigenvalue weighted by Gasteiger charge is 2.11. The van der Waals surface area contributed by atoms with Crippen molar-refractivity contribution in [3.8, 4) is 6.07 Å². The Bertz CT molecular complexity index is 617. The predicted molar refractivity (Wildman–Crippen MR) is 83.3 cm³/mol. The lowest BCUT2D eigenvalue weighted by molar-refractivity contribution is 1.18. The van der Waals surface area contributed by atoms with E-state index in [1.807, 2.05) is 49.5 Å². The number of anilines is 2. The molecule has 0 fully saturated rings. The van der Waals surface area contributed by atoms with Crippen LogP contribution in [0.15, 0.2) is 42.5 Å². The van der Waals surface area contributed by atoms with Crippen molar-refractivity contribution in [2.45, 2.75) is 5.33 Å². The van der Waals surface area contributed by atoms with Gasteiger partial charge >= 0.3 is 0 Å². The molecular formula is C15H12BrClN2. The van der Waals surface area contributed by atoms with Crippen molar-refractivity contribution in [2.24, 2.45) is 0 Å². The second-order valence-corrected chi connectivity index (χ2v) is 5.06. The van der Waals surface area contributed by atoms with Crippen LogP contribution < -0.4 is 4.90 Å². The fourth-order valence-electron chi connectivity index (χ4n) is 1.89. The molecule has 96 valence electrons. The molecule has 0 amide bonds. The third-order valence-corrected chi connectivity index (χ3v) is 3.89. The van der Waals surface area contributed by atoms with E-state index < -0.39 is 0 Å². The predicted octanol–water partition coefficient (Wildman–Crippen LogP) is 4.87. The van der Waals surface area contributed by atoms with E-state index in [1.165, 1.54) is 0 Å². The Labute approximate surface area is 126 Å². The Morgan fingerprint density at radius 3 is 2.47 bits per heavy atom. The average Bonchev–Trinajstić information content (AvgIpc) is 2.46. The molecule has 0 aliphatic rings. The maximum atomic E-state index is 8.82. The molecule has 2 nitrogen and oxygen atoms in total. The summed E-state index contributed by atoms with van der Waals surface area (Å²) in [5.74, 6) is 0. The fourth-order valence-corrected chi connectivity index (χ4v) is 2.88. The number of nitriles is 1. The van der Waals surface area contributed by atoms with E-state index in [9.17, 15) is 0 Å². The van der Waals surface area contributed by atoms with Crippen molar-refractivity contribution >= 4 is 38.9 Å². The third-order valence-electron chi connectivity index (χ3n) is 2.97. The summed E-state index contributed by atoms with van der Waals surface area (Å²) in [5.41, 5.74) is 3.78. The molecule has 0 saturated heterocycles. The summed E-state index contributed by atoms with van der Waals surface area (Å²) >= 11 is 9.68. The Kier molecular flexibility index (Phi) is 4.47. The van der Waals surface area contributed by atoms with Crippen molar-refractivity contribution in [1.29, 1.82) is 5.26 Å². The summed E-state index contributed by atoms with van der Waals surface area (Å²) in [6.45, 7) is 0. The normalized spacial score (nSPS) is 10.0. The molecule has 0 aliphatic carbocycles. The number of hydrogen-bond donors (Lipinski definition) is 0. The molecule has 0 atom stereocenters. The highest BCUT2D eigenvalue weighted by atomic mass is 79.9. The van der Waals surface area contributed by atoms with Crippen LogP contribution in [0.1, 0.15) is 11.1 Å². The molecule has 0 radical (unpaired) electrons. The molecule has 0 spiro atoms. The van der Waals surface area contributed by atoms with Crippen molar-refractivity contribution in [2.75, 3.05) is 11.9 Å². The molecule has 2 aromatic carbocycles. The second kappa shape index (κ2) is 6.10. The molecule has 2 rings (SSSR count). The molecule has 0 aliphatic heterocycles. The summed E-state index contributed by atoms with van der Waals surface area (Å²) in [4.78, 5) is 2.06. The van der Waals surface area contributed by atoms with Gasteiger partial charge in [0.15, 0.2) is 0 Å². The first kappa shape index (κ1) is 13.9. The molecule has 0 heterocycles. The van der Waals surface area contributed by atoms with E-state index in [-0.39, 0.29) is 0 Å². The lowest BCUT2D eigenvalue weighted by Crippen LogP contribution is -2.11. The molecule has 0 unspecified atom stereocenters. The summed E-state index contributed by atoms with van der Waals surface area (Å²) in [6.07, 6.45) is 0. The van der Waals surface area contributed by atoms with Crippen LogP contribution in [-0.2, 0) is 5.33 Å². The Balaban J connectivity index is 2.41. The maximum Gasteiger partial charge on any atom is 0.0991 e. The fraction of sp³-hybridized carbons (Fsp3) is 0.133. The van der Waals surface area contributed by atoms with Gasteiger partial charge in [0.2, 0.25) is 0 Å². The summed E-state index contributed by atoms with van der Waals surface area (Å²) in [7, 11) is 1.99. The SMILES string of the molecule is CN(c1ccc(C#N)cc1)c1cccc(Cl)c1CBr. The van der Waals surface area contributed by atoms with Crippen LogP contribution in [0.3, 0.4) is 0 Å². The van der Waals surface area contributed by atoms with E-state index >= 15 is 0 Å². The summed E-state index contributed by atoms with van der Waals surface area (Å²) in [5, 5.41) is 10.3. The van der Waals surface area contributed by atoms with Gasteiger partial charge in [0, 0.05) is 34.3 Å². The van der Waals surface area contributed by atoms with Crippen LogP contribution in [-0.4, -0.2) is 7.05 Å². The van der Waals surface area contributed by atoms with Gasteiger partial charge in [0.05, 0.1) is 11.6 Å². The minimum Gasteiger partial charge on any atom is -0.344 e. The number of benzene rings is 2. The van der Waals surface area contributed by atoms with Gasteiger partial charge in [0.1, 0.15) is 0 Å². The summed E-state index contributed by atoms with van der Waals surface area (Å²) < 4.78 is 0. The molecule has 0 N–H and O–H groups in total. The highest BCUT2D eigenvalue weighted by molar-refractivity contribution is 9.08. The van der Waals surface area contributed by atoms with Crippen LogP contribution >= 0.6 is 27.5 Å². The van der Waals surface area contributed by atoms with E-state index in [4.69, 9.17) is 16.9 Å². The first-order chi connectivity index (χ1) is 9.17. The zero-order valence-electron chi connectivity index (χ0n) is 10.4. The number of hydrogen-bond acceptors (Lipinski definition) is 2. The van der Waals surface area contributed by atoms with Crippen LogP contribution in [0.5, 0.6) is 0 Å². The van der Waals surface area contributed by atoms with Crippen LogP contribution in [0.4, 0.5) is 11.4 Å². The van der Waals surface area contributed by atoms with Crippen LogP contribution in [0.2, 0.25) is 5.02 Å². The second-order valence-electron chi connectivity index (χ2n) is 4.09. The van der Waals surface area contributed by atoms with E-state index in [0.29, 0.717) is 10.9 Å². The lowest BCUT2D eigenvalue weighted by atomic mass is 10.1. The van der Waals surface area contributed by atoms with Gasteiger partial charge in [-0.1, -0.05) is 33.6 Å². The molecule has 19 heavy (non-hydrogen) atoms. The Morgan fingerprint density at radius 1 is 1.21 bits per heavy atom. The number of alkyl halides is 1. The zero-order chi connectivity index (χ0) is 13.8. The van der Waals surface area contributed by atoms with Gasteiger partial charge in [-0.05, 0) is 36.4 Å². The number of nitrogens with zero attached hydrogens (tertiary/aromatic N) is 2. The number of rotatable bonds is 3. The average molecular weight is 336 g/mol. The maximum absolute atomic E-state index is 8.82. The highest BCUT2D eigenvalue weighted by Crippen LogP contribution is 2.32. The first-order valence-corrected chi connectivity index (χ1v) is 7.24. The van der Waals surface area contributed by atoms with Gasteiger partial charge in [-0.3, -0.25) is 0 Å². The van der Waals surface area contributed by atoms with Crippen molar-refractivity contribution in [3.05, 3.63) is 58.6 Å². The largest absolute Gasteiger partial charge is 0.344 e. The van der Waals surface area contributed by atoms with E-state index in [0.717, 1.165) is 22.0 Å². The van der Waals surface area contributed by atoms with Gasteiger partial charge in [0.25, 0.3) is 0 Å². The van der Waals surface area contributed by atoms with E-state index in [1.54, 1.807) is 0 Å². The third kappa shape index (κ3) is 2.91. The van der Waals surface area contributed by atoms with E-state index in [2.05, 4.69) is 26.9 Å². The molecular weight excluding hydrogens is 324 g/mol. The lowest BCUT2D eigenvalue weighted by Gasteiger charge is -2.22. The van der Waals surface area contributed by atoms with Crippen molar-refractivity contribution in [1.82, 2.24) is 0 Å². The molecule has 0 saturated carbocycles. The zero-order valence-corrected chi connectivity index (χ0v) is 12.7. The monoisotopic (exact) mass is 334 g/mol. The topological polar surface area (TPSA) is 27.0 Å². The molecule has 0 bridgehead atoms. The number of halogens is 2. The first-order valence-electron chi connectivity index (χ1n) is 5.74. The quantitative estimate of drug-likeness (QED) is 0.748. The van der Waals surface area contributed by atoms with Crippen LogP contribution in [0, 0.1) is 11.3 Å². The minimum atomic E-state index is 0.656. The van der Waals surface area contributed by atoms with Crippen LogP contribution in [0.25, 0.3) is 0 Å². The van der Waals surface area contributed by atoms with Crippen molar-refractivity contribution < 1.29 is 0 Å². The summed E-state index contributed by atoms with van der Waals surface area (Å²) in [6, 6.07) is 15.4. The van der Waals surface area contributed by atoms with Gasteiger partial charge < -0.3 is 4.90 Å².